The van der Waals surface area contributed by atoms with Gasteiger partial charge in [-0.25, -0.2) is 0 Å². The number of carbonyl (C=O) groups is 2. The van der Waals surface area contributed by atoms with Gasteiger partial charge < -0.3 is 15.3 Å². The molecule has 20 heavy (non-hydrogen) atoms. The van der Waals surface area contributed by atoms with E-state index in [1.165, 1.54) is 0 Å². The smallest absolute Gasteiger partial charge is 0.306 e. The number of carboxylic acids is 1. The lowest BCUT2D eigenvalue weighted by Crippen LogP contribution is -2.48. The lowest BCUT2D eigenvalue weighted by Gasteiger charge is -2.36. The number of hydrogen-bond donors (Lipinski definition) is 2. The van der Waals surface area contributed by atoms with Crippen LogP contribution in [0.1, 0.15) is 45.4 Å². The van der Waals surface area contributed by atoms with Crippen LogP contribution in [-0.2, 0) is 9.59 Å². The van der Waals surface area contributed by atoms with Crippen LogP contribution in [0.2, 0.25) is 0 Å². The topological polar surface area (TPSA) is 69.6 Å². The van der Waals surface area contributed by atoms with Crippen LogP contribution in [0, 0.1) is 11.8 Å². The van der Waals surface area contributed by atoms with Crippen LogP contribution in [0.4, 0.5) is 0 Å². The maximum absolute atomic E-state index is 12.7. The molecule has 1 aliphatic carbocycles. The number of amides is 1. The van der Waals surface area contributed by atoms with Gasteiger partial charge in [-0.2, -0.15) is 0 Å². The first-order valence-corrected chi connectivity index (χ1v) is 7.87. The quantitative estimate of drug-likeness (QED) is 0.801. The van der Waals surface area contributed by atoms with Crippen molar-refractivity contribution in [1.82, 2.24) is 10.2 Å². The van der Waals surface area contributed by atoms with Crippen LogP contribution < -0.4 is 5.32 Å². The largest absolute Gasteiger partial charge is 0.481 e. The third kappa shape index (κ3) is 3.51. The standard InChI is InChI=1S/C15H26N2O3/c1-2-9-17(13-5-7-16-8-6-13)14(18)11-3-4-12(10-11)15(19)20/h11-13,16H,2-10H2,1H3,(H,19,20). The third-order valence-corrected chi connectivity index (χ3v) is 4.63. The van der Waals surface area contributed by atoms with Gasteiger partial charge in [-0.15, -0.1) is 0 Å². The highest BCUT2D eigenvalue weighted by molar-refractivity contribution is 5.81. The minimum absolute atomic E-state index is 0.0717. The summed E-state index contributed by atoms with van der Waals surface area (Å²) in [7, 11) is 0. The summed E-state index contributed by atoms with van der Waals surface area (Å²) in [5.41, 5.74) is 0. The van der Waals surface area contributed by atoms with E-state index in [1.54, 1.807) is 0 Å². The summed E-state index contributed by atoms with van der Waals surface area (Å²) in [5.74, 6) is -0.940. The van der Waals surface area contributed by atoms with Crippen molar-refractivity contribution in [1.29, 1.82) is 0 Å². The second-order valence-electron chi connectivity index (χ2n) is 6.06. The normalized spacial score (nSPS) is 27.4. The average molecular weight is 282 g/mol. The molecule has 114 valence electrons. The molecule has 5 heteroatoms. The van der Waals surface area contributed by atoms with Crippen LogP contribution in [0.5, 0.6) is 0 Å². The number of nitrogens with one attached hydrogen (secondary N) is 1. The van der Waals surface area contributed by atoms with Crippen molar-refractivity contribution in [2.75, 3.05) is 19.6 Å². The molecule has 1 saturated carbocycles. The van der Waals surface area contributed by atoms with Crippen molar-refractivity contribution < 1.29 is 14.7 Å². The molecule has 5 nitrogen and oxygen atoms in total. The fourth-order valence-electron chi connectivity index (χ4n) is 3.50. The minimum atomic E-state index is -0.746. The van der Waals surface area contributed by atoms with Gasteiger partial charge in [0.2, 0.25) is 5.91 Å². The Hall–Kier alpha value is -1.10. The zero-order chi connectivity index (χ0) is 14.5. The minimum Gasteiger partial charge on any atom is -0.481 e. The van der Waals surface area contributed by atoms with Gasteiger partial charge in [-0.05, 0) is 51.6 Å². The summed E-state index contributed by atoms with van der Waals surface area (Å²) in [6.45, 7) is 4.84. The molecule has 2 atom stereocenters. The summed E-state index contributed by atoms with van der Waals surface area (Å²) >= 11 is 0. The Morgan fingerprint density at radius 1 is 1.15 bits per heavy atom. The van der Waals surface area contributed by atoms with Crippen LogP contribution in [0.3, 0.4) is 0 Å². The molecule has 1 saturated heterocycles. The Bertz CT molecular complexity index is 353. The highest BCUT2D eigenvalue weighted by atomic mass is 16.4. The molecule has 2 rings (SSSR count). The van der Waals surface area contributed by atoms with E-state index >= 15 is 0 Å². The maximum atomic E-state index is 12.7. The number of rotatable bonds is 5. The molecule has 0 radical (unpaired) electrons. The predicted molar refractivity (Wildman–Crippen MR) is 76.4 cm³/mol. The van der Waals surface area contributed by atoms with Gasteiger partial charge in [-0.1, -0.05) is 6.92 Å². The fourth-order valence-corrected chi connectivity index (χ4v) is 3.50. The number of carbonyl (C=O) groups excluding carboxylic acids is 1. The van der Waals surface area contributed by atoms with Crippen LogP contribution in [-0.4, -0.2) is 47.6 Å². The number of carboxylic acid groups (broad SMARTS) is 1. The first kappa shape index (κ1) is 15.3. The molecule has 0 aromatic carbocycles. The Morgan fingerprint density at radius 3 is 2.35 bits per heavy atom. The number of piperidine rings is 1. The monoisotopic (exact) mass is 282 g/mol. The second kappa shape index (κ2) is 7.07. The Labute approximate surface area is 120 Å². The lowest BCUT2D eigenvalue weighted by atomic mass is 9.99. The Morgan fingerprint density at radius 2 is 1.80 bits per heavy atom. The molecule has 0 bridgehead atoms. The molecule has 0 spiro atoms. The van der Waals surface area contributed by atoms with E-state index in [0.29, 0.717) is 18.9 Å². The SMILES string of the molecule is CCCN(C(=O)C1CCC(C(=O)O)C1)C1CCNCC1. The maximum Gasteiger partial charge on any atom is 0.306 e. The van der Waals surface area contributed by atoms with Crippen LogP contribution in [0.15, 0.2) is 0 Å². The highest BCUT2D eigenvalue weighted by Gasteiger charge is 2.37. The molecule has 2 N–H and O–H groups in total. The molecular formula is C15H26N2O3. The van der Waals surface area contributed by atoms with E-state index in [1.807, 2.05) is 4.90 Å². The molecule has 2 unspecified atom stereocenters. The predicted octanol–water partition coefficient (Wildman–Crippen LogP) is 1.48. The zero-order valence-corrected chi connectivity index (χ0v) is 12.3. The van der Waals surface area contributed by atoms with Crippen LogP contribution in [0.25, 0.3) is 0 Å². The van der Waals surface area contributed by atoms with E-state index in [2.05, 4.69) is 12.2 Å². The summed E-state index contributed by atoms with van der Waals surface area (Å²) in [5, 5.41) is 12.4. The number of nitrogens with zero attached hydrogens (tertiary/aromatic N) is 1. The van der Waals surface area contributed by atoms with E-state index in [9.17, 15) is 9.59 Å². The first-order chi connectivity index (χ1) is 9.63. The molecule has 1 aliphatic heterocycles. The Kier molecular flexibility index (Phi) is 5.40. The van der Waals surface area contributed by atoms with Crippen molar-refractivity contribution in [3.05, 3.63) is 0 Å². The lowest BCUT2D eigenvalue weighted by molar-refractivity contribution is -0.142. The Balaban J connectivity index is 1.98. The summed E-state index contributed by atoms with van der Waals surface area (Å²) < 4.78 is 0. The van der Waals surface area contributed by atoms with E-state index in [-0.39, 0.29) is 17.7 Å². The van der Waals surface area contributed by atoms with Crippen molar-refractivity contribution in [2.45, 2.75) is 51.5 Å². The fraction of sp³-hybridized carbons (Fsp3) is 0.867. The molecule has 1 amide bonds. The highest BCUT2D eigenvalue weighted by Crippen LogP contribution is 2.33. The molecule has 1 heterocycles. The summed E-state index contributed by atoms with van der Waals surface area (Å²) in [4.78, 5) is 25.8. The van der Waals surface area contributed by atoms with Gasteiger partial charge in [0, 0.05) is 18.5 Å². The number of hydrogen-bond acceptors (Lipinski definition) is 3. The molecule has 2 fully saturated rings. The van der Waals surface area contributed by atoms with Crippen molar-refractivity contribution in [2.24, 2.45) is 11.8 Å². The zero-order valence-electron chi connectivity index (χ0n) is 12.3. The van der Waals surface area contributed by atoms with E-state index in [0.717, 1.165) is 45.3 Å². The summed E-state index contributed by atoms with van der Waals surface area (Å²) in [6, 6.07) is 0.340. The van der Waals surface area contributed by atoms with Gasteiger partial charge in [0.15, 0.2) is 0 Å². The van der Waals surface area contributed by atoms with E-state index in [4.69, 9.17) is 5.11 Å². The van der Waals surface area contributed by atoms with Gasteiger partial charge in [-0.3, -0.25) is 9.59 Å². The average Bonchev–Trinajstić information content (AvgIpc) is 2.95. The third-order valence-electron chi connectivity index (χ3n) is 4.63. The molecular weight excluding hydrogens is 256 g/mol. The van der Waals surface area contributed by atoms with Crippen molar-refractivity contribution >= 4 is 11.9 Å². The van der Waals surface area contributed by atoms with Crippen molar-refractivity contribution in [3.8, 4) is 0 Å². The van der Waals surface area contributed by atoms with Crippen molar-refractivity contribution in [3.63, 3.8) is 0 Å². The van der Waals surface area contributed by atoms with Crippen LogP contribution >= 0.6 is 0 Å². The summed E-state index contributed by atoms with van der Waals surface area (Å²) in [6.07, 6.45) is 4.91. The second-order valence-corrected chi connectivity index (χ2v) is 6.06. The molecule has 0 aromatic heterocycles. The van der Waals surface area contributed by atoms with Gasteiger partial charge in [0.05, 0.1) is 5.92 Å². The van der Waals surface area contributed by atoms with Gasteiger partial charge in [0.25, 0.3) is 0 Å². The molecule has 0 aromatic rings. The first-order valence-electron chi connectivity index (χ1n) is 7.87. The number of aliphatic carboxylic acids is 1. The van der Waals surface area contributed by atoms with Gasteiger partial charge in [0.1, 0.15) is 0 Å². The van der Waals surface area contributed by atoms with Gasteiger partial charge >= 0.3 is 5.97 Å². The molecule has 2 aliphatic rings. The van der Waals surface area contributed by atoms with E-state index < -0.39 is 5.97 Å².